The molecule has 38 heavy (non-hydrogen) atoms. The second kappa shape index (κ2) is 12.1. The minimum Gasteiger partial charge on any atom is -0.507 e. The lowest BCUT2D eigenvalue weighted by Gasteiger charge is -2.26. The third-order valence-corrected chi connectivity index (χ3v) is 6.71. The van der Waals surface area contributed by atoms with Gasteiger partial charge < -0.3 is 19.5 Å². The van der Waals surface area contributed by atoms with Crippen LogP contribution in [0.4, 0.5) is 0 Å². The molecule has 1 N–H and O–H groups in total. The molecule has 4 rings (SSSR count). The number of aliphatic hydroxyl groups is 1. The Hall–Kier alpha value is -3.90. The molecule has 0 spiro atoms. The van der Waals surface area contributed by atoms with Crippen molar-refractivity contribution in [3.8, 4) is 5.75 Å². The Labute approximate surface area is 224 Å². The van der Waals surface area contributed by atoms with E-state index in [9.17, 15) is 14.7 Å². The van der Waals surface area contributed by atoms with Crippen molar-refractivity contribution in [3.05, 3.63) is 106 Å². The number of hydrogen-bond donors (Lipinski definition) is 1. The predicted octanol–water partition coefficient (Wildman–Crippen LogP) is 5.98. The Balaban J connectivity index is 1.68. The lowest BCUT2D eigenvalue weighted by atomic mass is 9.94. The summed E-state index contributed by atoms with van der Waals surface area (Å²) < 4.78 is 11.6. The van der Waals surface area contributed by atoms with Gasteiger partial charge in [0.2, 0.25) is 0 Å². The number of likely N-dealkylation sites (tertiary alicyclic amines) is 1. The number of hydrogen-bond acceptors (Lipinski definition) is 5. The summed E-state index contributed by atoms with van der Waals surface area (Å²) in [6.45, 7) is 8.76. The van der Waals surface area contributed by atoms with Crippen molar-refractivity contribution >= 4 is 17.4 Å². The number of Topliss-reactive ketones (excluding diaryl/α,β-unsaturated/α-hetero) is 1. The monoisotopic (exact) mass is 513 g/mol. The highest BCUT2D eigenvalue weighted by Gasteiger charge is 2.45. The van der Waals surface area contributed by atoms with Crippen molar-refractivity contribution in [1.82, 2.24) is 4.90 Å². The molecule has 6 nitrogen and oxygen atoms in total. The van der Waals surface area contributed by atoms with Crippen LogP contribution in [-0.2, 0) is 27.4 Å². The van der Waals surface area contributed by atoms with Crippen LogP contribution in [0, 0.1) is 6.92 Å². The minimum absolute atomic E-state index is 0.000269. The Kier molecular flexibility index (Phi) is 8.64. The van der Waals surface area contributed by atoms with E-state index in [4.69, 9.17) is 9.47 Å². The molecule has 0 saturated carbocycles. The molecular formula is C32H35NO5. The number of rotatable bonds is 10. The van der Waals surface area contributed by atoms with Crippen LogP contribution in [0.3, 0.4) is 0 Å². The molecule has 0 aliphatic carbocycles. The quantitative estimate of drug-likeness (QED) is 0.205. The molecule has 0 aromatic heterocycles. The topological polar surface area (TPSA) is 76.1 Å². The number of ketones is 1. The van der Waals surface area contributed by atoms with Crippen LogP contribution < -0.4 is 4.74 Å². The average molecular weight is 514 g/mol. The lowest BCUT2D eigenvalue weighted by molar-refractivity contribution is -0.140. The molecule has 6 heteroatoms. The van der Waals surface area contributed by atoms with E-state index in [1.165, 1.54) is 4.90 Å². The third-order valence-electron chi connectivity index (χ3n) is 6.71. The summed E-state index contributed by atoms with van der Waals surface area (Å²) in [7, 11) is 0. The minimum atomic E-state index is -0.703. The van der Waals surface area contributed by atoms with Crippen molar-refractivity contribution in [1.29, 1.82) is 0 Å². The first kappa shape index (κ1) is 27.1. The molecule has 3 aromatic carbocycles. The molecule has 1 aliphatic rings. The fraction of sp³-hybridized carbons (Fsp3) is 0.312. The summed E-state index contributed by atoms with van der Waals surface area (Å²) in [4.78, 5) is 27.9. The van der Waals surface area contributed by atoms with E-state index in [2.05, 4.69) is 6.92 Å². The standard InChI is InChI=1S/C32H35NO5/c1-5-23-11-13-25(14-12-23)29-28(31(35)32(36)33(29)17-18-37-21(2)3)30(34)26-15-16-27(22(4)19-26)38-20-24-9-7-6-8-10-24/h6-16,19,21,29,34H,5,17-18,20H2,1-4H3/b30-28-. The van der Waals surface area contributed by atoms with Gasteiger partial charge in [0.1, 0.15) is 18.1 Å². The van der Waals surface area contributed by atoms with Gasteiger partial charge in [-0.25, -0.2) is 0 Å². The van der Waals surface area contributed by atoms with Gasteiger partial charge in [-0.15, -0.1) is 0 Å². The first-order valence-electron chi connectivity index (χ1n) is 13.1. The maximum Gasteiger partial charge on any atom is 0.295 e. The van der Waals surface area contributed by atoms with Crippen LogP contribution in [0.25, 0.3) is 5.76 Å². The Morgan fingerprint density at radius 2 is 1.68 bits per heavy atom. The van der Waals surface area contributed by atoms with Crippen molar-refractivity contribution in [2.45, 2.75) is 52.9 Å². The molecule has 1 unspecified atom stereocenters. The van der Waals surface area contributed by atoms with Crippen molar-refractivity contribution < 1.29 is 24.2 Å². The normalized spacial score (nSPS) is 16.9. The van der Waals surface area contributed by atoms with Crippen molar-refractivity contribution in [2.24, 2.45) is 0 Å². The van der Waals surface area contributed by atoms with Gasteiger partial charge in [-0.2, -0.15) is 0 Å². The maximum absolute atomic E-state index is 13.3. The molecule has 1 saturated heterocycles. The van der Waals surface area contributed by atoms with Crippen LogP contribution in [0.5, 0.6) is 5.75 Å². The summed E-state index contributed by atoms with van der Waals surface area (Å²) in [6.07, 6.45) is 0.875. The summed E-state index contributed by atoms with van der Waals surface area (Å²) in [6, 6.07) is 22.3. The number of benzene rings is 3. The Morgan fingerprint density at radius 3 is 2.32 bits per heavy atom. The number of amides is 1. The highest BCUT2D eigenvalue weighted by molar-refractivity contribution is 6.46. The zero-order valence-electron chi connectivity index (χ0n) is 22.4. The summed E-state index contributed by atoms with van der Waals surface area (Å²) >= 11 is 0. The second-order valence-corrected chi connectivity index (χ2v) is 9.76. The number of carbonyl (C=O) groups is 2. The number of nitrogens with zero attached hydrogens (tertiary/aromatic N) is 1. The van der Waals surface area contributed by atoms with E-state index in [-0.39, 0.29) is 24.0 Å². The van der Waals surface area contributed by atoms with Gasteiger partial charge in [-0.3, -0.25) is 9.59 Å². The first-order chi connectivity index (χ1) is 18.3. The van der Waals surface area contributed by atoms with Gasteiger partial charge in [0.15, 0.2) is 0 Å². The molecule has 0 radical (unpaired) electrons. The van der Waals surface area contributed by atoms with Gasteiger partial charge in [0, 0.05) is 12.1 Å². The van der Waals surface area contributed by atoms with Crippen LogP contribution in [0.1, 0.15) is 54.6 Å². The Bertz CT molecular complexity index is 1310. The van der Waals surface area contributed by atoms with Crippen LogP contribution in [0.15, 0.2) is 78.4 Å². The highest BCUT2D eigenvalue weighted by Crippen LogP contribution is 2.40. The van der Waals surface area contributed by atoms with Gasteiger partial charge in [0.05, 0.1) is 24.3 Å². The van der Waals surface area contributed by atoms with E-state index in [1.807, 2.05) is 75.4 Å². The molecule has 198 valence electrons. The molecule has 0 bridgehead atoms. The van der Waals surface area contributed by atoms with E-state index >= 15 is 0 Å². The molecule has 3 aromatic rings. The van der Waals surface area contributed by atoms with Gasteiger partial charge in [-0.05, 0) is 67.6 Å². The number of aryl methyl sites for hydroxylation is 2. The van der Waals surface area contributed by atoms with E-state index in [1.54, 1.807) is 18.2 Å². The van der Waals surface area contributed by atoms with Crippen LogP contribution in [0.2, 0.25) is 0 Å². The lowest BCUT2D eigenvalue weighted by Crippen LogP contribution is -2.33. The molecule has 1 atom stereocenters. The van der Waals surface area contributed by atoms with Gasteiger partial charge in [0.25, 0.3) is 11.7 Å². The third kappa shape index (κ3) is 5.97. The second-order valence-electron chi connectivity index (χ2n) is 9.76. The Morgan fingerprint density at radius 1 is 0.974 bits per heavy atom. The number of aliphatic hydroxyl groups excluding tert-OH is 1. The van der Waals surface area contributed by atoms with E-state index in [0.717, 1.165) is 28.7 Å². The van der Waals surface area contributed by atoms with Gasteiger partial charge in [-0.1, -0.05) is 61.5 Å². The van der Waals surface area contributed by atoms with E-state index in [0.29, 0.717) is 24.5 Å². The molecule has 1 amide bonds. The summed E-state index contributed by atoms with van der Waals surface area (Å²) in [5, 5.41) is 11.4. The highest BCUT2D eigenvalue weighted by atomic mass is 16.5. The summed E-state index contributed by atoms with van der Waals surface area (Å²) in [5.74, 6) is -0.844. The molecule has 1 aliphatic heterocycles. The van der Waals surface area contributed by atoms with Crippen LogP contribution >= 0.6 is 0 Å². The van der Waals surface area contributed by atoms with Gasteiger partial charge >= 0.3 is 0 Å². The molecular weight excluding hydrogens is 478 g/mol. The van der Waals surface area contributed by atoms with Crippen LogP contribution in [-0.4, -0.2) is 41.0 Å². The van der Waals surface area contributed by atoms with Crippen molar-refractivity contribution in [3.63, 3.8) is 0 Å². The predicted molar refractivity (Wildman–Crippen MR) is 148 cm³/mol. The molecule has 1 heterocycles. The molecule has 1 fully saturated rings. The SMILES string of the molecule is CCc1ccc(C2/C(=C(/O)c3ccc(OCc4ccccc4)c(C)c3)C(=O)C(=O)N2CCOC(C)C)cc1. The fourth-order valence-electron chi connectivity index (χ4n) is 4.63. The zero-order valence-corrected chi connectivity index (χ0v) is 22.4. The number of carbonyl (C=O) groups excluding carboxylic acids is 2. The van der Waals surface area contributed by atoms with E-state index < -0.39 is 17.7 Å². The maximum atomic E-state index is 13.3. The number of ether oxygens (including phenoxy) is 2. The smallest absolute Gasteiger partial charge is 0.295 e. The largest absolute Gasteiger partial charge is 0.507 e. The average Bonchev–Trinajstić information content (AvgIpc) is 3.17. The summed E-state index contributed by atoms with van der Waals surface area (Å²) in [5.41, 5.74) is 4.33. The van der Waals surface area contributed by atoms with Crippen molar-refractivity contribution in [2.75, 3.05) is 13.2 Å². The zero-order chi connectivity index (χ0) is 27.2. The first-order valence-corrected chi connectivity index (χ1v) is 13.1. The fourth-order valence-corrected chi connectivity index (χ4v) is 4.63.